The molecule has 0 fully saturated rings. The van der Waals surface area contributed by atoms with E-state index in [1.54, 1.807) is 12.1 Å². The Morgan fingerprint density at radius 1 is 1.33 bits per heavy atom. The van der Waals surface area contributed by atoms with E-state index in [1.807, 2.05) is 0 Å². The van der Waals surface area contributed by atoms with E-state index in [1.165, 1.54) is 26.2 Å². The maximum absolute atomic E-state index is 11.0. The molecule has 0 saturated carbocycles. The Hall–Kier alpha value is -1.97. The standard InChI is InChI=1S/C11H12O4/c1-7(15-2)10(11(13)14)8-5-3-4-6-9(8)12/h3-6,12H,1-2H3,(H,13,14). The number of aliphatic carboxylic acids is 1. The first-order valence-corrected chi connectivity index (χ1v) is 4.34. The molecule has 0 aromatic heterocycles. The van der Waals surface area contributed by atoms with Crippen LogP contribution in [0, 0.1) is 0 Å². The summed E-state index contributed by atoms with van der Waals surface area (Å²) in [7, 11) is 1.39. The Morgan fingerprint density at radius 2 is 1.93 bits per heavy atom. The van der Waals surface area contributed by atoms with E-state index in [0.29, 0.717) is 0 Å². The lowest BCUT2D eigenvalue weighted by Gasteiger charge is -2.08. The number of hydrogen-bond acceptors (Lipinski definition) is 3. The van der Waals surface area contributed by atoms with Gasteiger partial charge >= 0.3 is 5.97 Å². The number of rotatable bonds is 3. The maximum Gasteiger partial charge on any atom is 0.339 e. The number of hydrogen-bond donors (Lipinski definition) is 2. The van der Waals surface area contributed by atoms with Gasteiger partial charge < -0.3 is 14.9 Å². The Kier molecular flexibility index (Phi) is 3.33. The number of para-hydroxylation sites is 1. The second-order valence-corrected chi connectivity index (χ2v) is 2.96. The van der Waals surface area contributed by atoms with Crippen LogP contribution in [0.2, 0.25) is 0 Å². The lowest BCUT2D eigenvalue weighted by atomic mass is 10.0. The summed E-state index contributed by atoms with van der Waals surface area (Å²) in [5.74, 6) is -0.953. The Morgan fingerprint density at radius 3 is 2.40 bits per heavy atom. The number of methoxy groups -OCH3 is 1. The molecule has 1 aromatic carbocycles. The molecule has 80 valence electrons. The summed E-state index contributed by atoms with van der Waals surface area (Å²) in [6.07, 6.45) is 0. The van der Waals surface area contributed by atoms with Crippen molar-refractivity contribution in [3.8, 4) is 5.75 Å². The van der Waals surface area contributed by atoms with Crippen LogP contribution >= 0.6 is 0 Å². The fourth-order valence-electron chi connectivity index (χ4n) is 1.24. The molecule has 1 rings (SSSR count). The first-order valence-electron chi connectivity index (χ1n) is 4.34. The highest BCUT2D eigenvalue weighted by atomic mass is 16.5. The molecule has 0 bridgehead atoms. The number of phenols is 1. The third kappa shape index (κ3) is 2.28. The van der Waals surface area contributed by atoms with E-state index in [4.69, 9.17) is 9.84 Å². The zero-order chi connectivity index (χ0) is 11.4. The van der Waals surface area contributed by atoms with E-state index < -0.39 is 5.97 Å². The zero-order valence-electron chi connectivity index (χ0n) is 8.52. The van der Waals surface area contributed by atoms with Gasteiger partial charge in [-0.2, -0.15) is 0 Å². The summed E-state index contributed by atoms with van der Waals surface area (Å²) >= 11 is 0. The number of allylic oxidation sites excluding steroid dienone is 1. The number of aromatic hydroxyl groups is 1. The highest BCUT2D eigenvalue weighted by Crippen LogP contribution is 2.27. The minimum atomic E-state index is -1.13. The molecule has 0 spiro atoms. The predicted octanol–water partition coefficient (Wildman–Crippen LogP) is 1.85. The molecule has 0 radical (unpaired) electrons. The first-order chi connectivity index (χ1) is 7.07. The van der Waals surface area contributed by atoms with Gasteiger partial charge in [-0.15, -0.1) is 0 Å². The second kappa shape index (κ2) is 4.50. The molecule has 0 atom stereocenters. The van der Waals surface area contributed by atoms with Gasteiger partial charge in [0.25, 0.3) is 0 Å². The van der Waals surface area contributed by atoms with Gasteiger partial charge in [-0.25, -0.2) is 4.79 Å². The summed E-state index contributed by atoms with van der Waals surface area (Å²) in [5.41, 5.74) is 0.222. The molecule has 15 heavy (non-hydrogen) atoms. The first kappa shape index (κ1) is 11.1. The summed E-state index contributed by atoms with van der Waals surface area (Å²) < 4.78 is 4.87. The summed E-state index contributed by atoms with van der Waals surface area (Å²) in [6.45, 7) is 1.54. The summed E-state index contributed by atoms with van der Waals surface area (Å²) in [4.78, 5) is 11.0. The SMILES string of the molecule is COC(C)=C(C(=O)O)c1ccccc1O. The normalized spacial score (nSPS) is 11.9. The molecule has 0 aliphatic heterocycles. The van der Waals surface area contributed by atoms with Crippen LogP contribution < -0.4 is 0 Å². The van der Waals surface area contributed by atoms with E-state index in [0.717, 1.165) is 0 Å². The molecule has 4 heteroatoms. The van der Waals surface area contributed by atoms with Gasteiger partial charge in [0.05, 0.1) is 7.11 Å². The van der Waals surface area contributed by atoms with Gasteiger partial charge in [0.2, 0.25) is 0 Å². The van der Waals surface area contributed by atoms with E-state index >= 15 is 0 Å². The van der Waals surface area contributed by atoms with E-state index in [9.17, 15) is 9.90 Å². The fourth-order valence-corrected chi connectivity index (χ4v) is 1.24. The van der Waals surface area contributed by atoms with Gasteiger partial charge in [-0.05, 0) is 13.0 Å². The third-order valence-corrected chi connectivity index (χ3v) is 2.05. The van der Waals surface area contributed by atoms with Crippen molar-refractivity contribution in [2.24, 2.45) is 0 Å². The molecule has 0 amide bonds. The summed E-state index contributed by atoms with van der Waals surface area (Å²) in [5, 5.41) is 18.5. The zero-order valence-corrected chi connectivity index (χ0v) is 8.52. The van der Waals surface area contributed by atoms with Crippen LogP contribution in [0.5, 0.6) is 5.75 Å². The van der Waals surface area contributed by atoms with Gasteiger partial charge in [-0.3, -0.25) is 0 Å². The molecule has 0 saturated heterocycles. The fraction of sp³-hybridized carbons (Fsp3) is 0.182. The number of phenolic OH excluding ortho intramolecular Hbond substituents is 1. The maximum atomic E-state index is 11.0. The number of carboxylic acid groups (broad SMARTS) is 1. The van der Waals surface area contributed by atoms with Crippen LogP contribution in [0.15, 0.2) is 30.0 Å². The molecule has 4 nitrogen and oxygen atoms in total. The lowest BCUT2D eigenvalue weighted by Crippen LogP contribution is -2.03. The molecular weight excluding hydrogens is 196 g/mol. The van der Waals surface area contributed by atoms with Crippen LogP contribution in [0.1, 0.15) is 12.5 Å². The van der Waals surface area contributed by atoms with Crippen molar-refractivity contribution in [1.82, 2.24) is 0 Å². The van der Waals surface area contributed by atoms with Crippen LogP contribution in [-0.2, 0) is 9.53 Å². The Balaban J connectivity index is 3.36. The molecule has 1 aromatic rings. The van der Waals surface area contributed by atoms with E-state index in [-0.39, 0.29) is 22.6 Å². The van der Waals surface area contributed by atoms with Crippen molar-refractivity contribution in [2.45, 2.75) is 6.92 Å². The van der Waals surface area contributed by atoms with Crippen molar-refractivity contribution in [1.29, 1.82) is 0 Å². The van der Waals surface area contributed by atoms with Gasteiger partial charge in [0.1, 0.15) is 17.1 Å². The Bertz CT molecular complexity index is 407. The monoisotopic (exact) mass is 208 g/mol. The molecule has 0 aliphatic rings. The van der Waals surface area contributed by atoms with Gasteiger partial charge in [-0.1, -0.05) is 18.2 Å². The smallest absolute Gasteiger partial charge is 0.339 e. The van der Waals surface area contributed by atoms with Crippen molar-refractivity contribution in [2.75, 3.05) is 7.11 Å². The highest BCUT2D eigenvalue weighted by Gasteiger charge is 2.17. The average molecular weight is 208 g/mol. The quantitative estimate of drug-likeness (QED) is 0.587. The van der Waals surface area contributed by atoms with Crippen molar-refractivity contribution in [3.63, 3.8) is 0 Å². The minimum absolute atomic E-state index is 0.0319. The molecule has 0 unspecified atom stereocenters. The predicted molar refractivity (Wildman–Crippen MR) is 55.3 cm³/mol. The van der Waals surface area contributed by atoms with Crippen molar-refractivity contribution in [3.05, 3.63) is 35.6 Å². The third-order valence-electron chi connectivity index (χ3n) is 2.05. The van der Waals surface area contributed by atoms with Crippen molar-refractivity contribution < 1.29 is 19.7 Å². The molecule has 2 N–H and O–H groups in total. The van der Waals surface area contributed by atoms with Crippen LogP contribution in [0.3, 0.4) is 0 Å². The van der Waals surface area contributed by atoms with Gasteiger partial charge in [0, 0.05) is 5.56 Å². The molecular formula is C11H12O4. The number of carbonyl (C=O) groups is 1. The molecule has 0 aliphatic carbocycles. The number of ether oxygens (including phenoxy) is 1. The van der Waals surface area contributed by atoms with Crippen LogP contribution in [0.25, 0.3) is 5.57 Å². The van der Waals surface area contributed by atoms with Crippen molar-refractivity contribution >= 4 is 11.5 Å². The second-order valence-electron chi connectivity index (χ2n) is 2.96. The number of benzene rings is 1. The Labute approximate surface area is 87.4 Å². The van der Waals surface area contributed by atoms with Crippen LogP contribution in [0.4, 0.5) is 0 Å². The lowest BCUT2D eigenvalue weighted by molar-refractivity contribution is -0.130. The topological polar surface area (TPSA) is 66.8 Å². The summed E-state index contributed by atoms with van der Waals surface area (Å²) in [6, 6.07) is 6.24. The van der Waals surface area contributed by atoms with E-state index in [2.05, 4.69) is 0 Å². The largest absolute Gasteiger partial charge is 0.507 e. The number of carboxylic acids is 1. The van der Waals surface area contributed by atoms with Gasteiger partial charge in [0.15, 0.2) is 0 Å². The highest BCUT2D eigenvalue weighted by molar-refractivity contribution is 6.16. The minimum Gasteiger partial charge on any atom is -0.507 e. The average Bonchev–Trinajstić information content (AvgIpc) is 2.20. The molecule has 0 heterocycles. The van der Waals surface area contributed by atoms with Crippen LogP contribution in [-0.4, -0.2) is 23.3 Å².